The largest absolute Gasteiger partial charge is 0.459 e. The van der Waals surface area contributed by atoms with E-state index in [9.17, 15) is 0 Å². The van der Waals surface area contributed by atoms with Crippen molar-refractivity contribution in [2.75, 3.05) is 0 Å². The number of furan rings is 1. The first-order valence-corrected chi connectivity index (χ1v) is 7.25. The van der Waals surface area contributed by atoms with Crippen LogP contribution in [0.1, 0.15) is 22.9 Å². The molecular formula is C17H17ClN2O. The maximum atomic E-state index is 6.21. The second-order valence-electron chi connectivity index (χ2n) is 5.20. The number of halogens is 1. The lowest BCUT2D eigenvalue weighted by Gasteiger charge is -2.14. The highest BCUT2D eigenvalue weighted by atomic mass is 35.5. The Morgan fingerprint density at radius 1 is 1.19 bits per heavy atom. The van der Waals surface area contributed by atoms with Gasteiger partial charge < -0.3 is 4.42 Å². The zero-order valence-corrected chi connectivity index (χ0v) is 12.5. The zero-order chi connectivity index (χ0) is 14.8. The third-order valence-corrected chi connectivity index (χ3v) is 3.99. The summed E-state index contributed by atoms with van der Waals surface area (Å²) in [6, 6.07) is 15.8. The first-order chi connectivity index (χ1) is 10.2. The molecule has 0 aliphatic carbocycles. The van der Waals surface area contributed by atoms with Crippen LogP contribution in [-0.4, -0.2) is 0 Å². The fourth-order valence-corrected chi connectivity index (χ4v) is 2.69. The molecule has 1 unspecified atom stereocenters. The Morgan fingerprint density at radius 2 is 2.00 bits per heavy atom. The third kappa shape index (κ3) is 2.95. The Hall–Kier alpha value is -1.81. The molecule has 0 aliphatic heterocycles. The summed E-state index contributed by atoms with van der Waals surface area (Å²) in [5, 5.41) is 1.83. The van der Waals surface area contributed by atoms with Gasteiger partial charge in [-0.1, -0.05) is 41.4 Å². The third-order valence-electron chi connectivity index (χ3n) is 3.62. The van der Waals surface area contributed by atoms with Crippen LogP contribution in [0, 0.1) is 6.92 Å². The van der Waals surface area contributed by atoms with E-state index in [1.807, 2.05) is 42.5 Å². The number of benzene rings is 2. The maximum Gasteiger partial charge on any atom is 0.134 e. The van der Waals surface area contributed by atoms with Gasteiger partial charge in [0.15, 0.2) is 0 Å². The molecule has 0 radical (unpaired) electrons. The van der Waals surface area contributed by atoms with E-state index in [0.717, 1.165) is 27.3 Å². The molecule has 3 nitrogen and oxygen atoms in total. The van der Waals surface area contributed by atoms with Crippen molar-refractivity contribution in [3.8, 4) is 0 Å². The summed E-state index contributed by atoms with van der Waals surface area (Å²) in [6.45, 7) is 2.06. The fourth-order valence-electron chi connectivity index (χ4n) is 2.48. The molecule has 4 heteroatoms. The summed E-state index contributed by atoms with van der Waals surface area (Å²) in [4.78, 5) is 0. The van der Waals surface area contributed by atoms with Crippen LogP contribution in [0.5, 0.6) is 0 Å². The second-order valence-corrected chi connectivity index (χ2v) is 5.61. The van der Waals surface area contributed by atoms with Crippen LogP contribution in [0.15, 0.2) is 52.9 Å². The summed E-state index contributed by atoms with van der Waals surface area (Å²) < 4.78 is 5.90. The van der Waals surface area contributed by atoms with Crippen LogP contribution >= 0.6 is 11.6 Å². The lowest BCUT2D eigenvalue weighted by Crippen LogP contribution is -2.29. The average Bonchev–Trinajstić information content (AvgIpc) is 2.89. The molecule has 3 N–H and O–H groups in total. The van der Waals surface area contributed by atoms with Gasteiger partial charge in [0.05, 0.1) is 6.04 Å². The monoisotopic (exact) mass is 300 g/mol. The first-order valence-electron chi connectivity index (χ1n) is 6.87. The van der Waals surface area contributed by atoms with Gasteiger partial charge in [0.25, 0.3) is 0 Å². The second kappa shape index (κ2) is 5.90. The minimum atomic E-state index is -0.113. The van der Waals surface area contributed by atoms with Crippen molar-refractivity contribution in [3.63, 3.8) is 0 Å². The number of aryl methyl sites for hydroxylation is 1. The van der Waals surface area contributed by atoms with Crippen molar-refractivity contribution in [2.45, 2.75) is 19.4 Å². The lowest BCUT2D eigenvalue weighted by atomic mass is 10.0. The Kier molecular flexibility index (Phi) is 3.97. The normalized spacial score (nSPS) is 12.7. The molecule has 0 aliphatic rings. The number of hydrogen-bond donors (Lipinski definition) is 2. The summed E-state index contributed by atoms with van der Waals surface area (Å²) in [5.41, 5.74) is 5.93. The Bertz CT molecular complexity index is 766. The maximum absolute atomic E-state index is 6.21. The molecule has 0 bridgehead atoms. The van der Waals surface area contributed by atoms with Gasteiger partial charge >= 0.3 is 0 Å². The summed E-state index contributed by atoms with van der Waals surface area (Å²) >= 11 is 6.21. The van der Waals surface area contributed by atoms with Gasteiger partial charge in [-0.3, -0.25) is 5.84 Å². The summed E-state index contributed by atoms with van der Waals surface area (Å²) in [7, 11) is 0. The highest BCUT2D eigenvalue weighted by Crippen LogP contribution is 2.28. The molecule has 0 saturated heterocycles. The van der Waals surface area contributed by atoms with Gasteiger partial charge in [-0.15, -0.1) is 0 Å². The topological polar surface area (TPSA) is 51.2 Å². The summed E-state index contributed by atoms with van der Waals surface area (Å²) in [6.07, 6.45) is 0.676. The molecule has 0 spiro atoms. The van der Waals surface area contributed by atoms with Crippen molar-refractivity contribution in [1.82, 2.24) is 5.43 Å². The van der Waals surface area contributed by atoms with E-state index < -0.39 is 0 Å². The molecular weight excluding hydrogens is 284 g/mol. The molecule has 0 amide bonds. The van der Waals surface area contributed by atoms with Gasteiger partial charge in [0, 0.05) is 10.4 Å². The molecule has 1 heterocycles. The Balaban J connectivity index is 1.93. The van der Waals surface area contributed by atoms with Crippen LogP contribution in [-0.2, 0) is 6.42 Å². The van der Waals surface area contributed by atoms with Crippen molar-refractivity contribution >= 4 is 22.6 Å². The van der Waals surface area contributed by atoms with E-state index >= 15 is 0 Å². The molecule has 2 aromatic carbocycles. The average molecular weight is 301 g/mol. The van der Waals surface area contributed by atoms with Crippen molar-refractivity contribution < 1.29 is 4.42 Å². The van der Waals surface area contributed by atoms with E-state index in [4.69, 9.17) is 21.9 Å². The molecule has 1 atom stereocenters. The number of fused-ring (bicyclic) bond motifs is 1. The van der Waals surface area contributed by atoms with Gasteiger partial charge in [0.2, 0.25) is 0 Å². The summed E-state index contributed by atoms with van der Waals surface area (Å²) in [5.74, 6) is 6.52. The SMILES string of the molecule is Cc1ccc2oc(C(Cc3ccccc3Cl)NN)cc2c1. The van der Waals surface area contributed by atoms with Crippen LogP contribution < -0.4 is 11.3 Å². The van der Waals surface area contributed by atoms with Crippen LogP contribution in [0.25, 0.3) is 11.0 Å². The van der Waals surface area contributed by atoms with Crippen LogP contribution in [0.2, 0.25) is 5.02 Å². The minimum absolute atomic E-state index is 0.113. The minimum Gasteiger partial charge on any atom is -0.459 e. The smallest absolute Gasteiger partial charge is 0.134 e. The molecule has 3 rings (SSSR count). The van der Waals surface area contributed by atoms with Gasteiger partial charge in [-0.25, -0.2) is 5.43 Å². The van der Waals surface area contributed by atoms with Crippen molar-refractivity contribution in [3.05, 3.63) is 70.4 Å². The van der Waals surface area contributed by atoms with Gasteiger partial charge in [-0.05, 0) is 43.2 Å². The molecule has 0 saturated carbocycles. The molecule has 0 fully saturated rings. The van der Waals surface area contributed by atoms with E-state index in [0.29, 0.717) is 6.42 Å². The number of hydrazine groups is 1. The number of nitrogens with two attached hydrogens (primary N) is 1. The molecule has 1 aromatic heterocycles. The first kappa shape index (κ1) is 14.1. The van der Waals surface area contributed by atoms with Gasteiger partial charge in [0.1, 0.15) is 11.3 Å². The number of hydrogen-bond acceptors (Lipinski definition) is 3. The predicted molar refractivity (Wildman–Crippen MR) is 86.2 cm³/mol. The van der Waals surface area contributed by atoms with Gasteiger partial charge in [-0.2, -0.15) is 0 Å². The number of nitrogens with one attached hydrogen (secondary N) is 1. The molecule has 108 valence electrons. The quantitative estimate of drug-likeness (QED) is 0.562. The van der Waals surface area contributed by atoms with E-state index in [1.165, 1.54) is 5.56 Å². The van der Waals surface area contributed by atoms with E-state index in [2.05, 4.69) is 18.4 Å². The van der Waals surface area contributed by atoms with Crippen molar-refractivity contribution in [2.24, 2.45) is 5.84 Å². The zero-order valence-electron chi connectivity index (χ0n) is 11.8. The standard InChI is InChI=1S/C17H17ClN2O/c1-11-6-7-16-13(8-11)10-17(21-16)15(20-19)9-12-4-2-3-5-14(12)18/h2-8,10,15,20H,9,19H2,1H3. The Labute approximate surface area is 128 Å². The van der Waals surface area contributed by atoms with Crippen molar-refractivity contribution in [1.29, 1.82) is 0 Å². The fraction of sp³-hybridized carbons (Fsp3) is 0.176. The molecule has 3 aromatic rings. The number of rotatable bonds is 4. The highest BCUT2D eigenvalue weighted by molar-refractivity contribution is 6.31. The lowest BCUT2D eigenvalue weighted by molar-refractivity contribution is 0.434. The van der Waals surface area contributed by atoms with E-state index in [1.54, 1.807) is 0 Å². The van der Waals surface area contributed by atoms with Crippen LogP contribution in [0.4, 0.5) is 0 Å². The Morgan fingerprint density at radius 3 is 2.76 bits per heavy atom. The highest BCUT2D eigenvalue weighted by Gasteiger charge is 2.17. The molecule has 21 heavy (non-hydrogen) atoms. The van der Waals surface area contributed by atoms with Crippen LogP contribution in [0.3, 0.4) is 0 Å². The van der Waals surface area contributed by atoms with E-state index in [-0.39, 0.29) is 6.04 Å². The predicted octanol–water partition coefficient (Wildman–Crippen LogP) is 4.14.